The van der Waals surface area contributed by atoms with E-state index in [0.717, 1.165) is 23.4 Å². The molecule has 1 aliphatic heterocycles. The van der Waals surface area contributed by atoms with Gasteiger partial charge in [0.05, 0.1) is 0 Å². The molecule has 3 rings (SSSR count). The molecule has 0 atom stereocenters. The maximum atomic E-state index is 5.49. The summed E-state index contributed by atoms with van der Waals surface area (Å²) >= 11 is 5.49. The molecular weight excluding hydrogens is 240 g/mol. The average Bonchev–Trinajstić information content (AvgIpc) is 2.93. The van der Waals surface area contributed by atoms with Gasteiger partial charge in [-0.3, -0.25) is 0 Å². The second-order valence-corrected chi connectivity index (χ2v) is 5.04. The standard InChI is InChI=1S/C15H16N2S/c18-15-12-14(16-9-4-5-10-16)8-11-17(15)13-6-2-1-3-7-13/h1-3,6-8,11-12H,4-5,9-10H2. The number of anilines is 1. The molecule has 1 saturated heterocycles. The molecule has 0 spiro atoms. The summed E-state index contributed by atoms with van der Waals surface area (Å²) in [5.74, 6) is 0. The zero-order valence-electron chi connectivity index (χ0n) is 10.2. The molecule has 18 heavy (non-hydrogen) atoms. The highest BCUT2D eigenvalue weighted by atomic mass is 32.1. The normalized spacial score (nSPS) is 15.0. The summed E-state index contributed by atoms with van der Waals surface area (Å²) in [5, 5.41) is 0. The van der Waals surface area contributed by atoms with Crippen molar-refractivity contribution in [2.24, 2.45) is 0 Å². The highest BCUT2D eigenvalue weighted by Crippen LogP contribution is 2.21. The molecule has 0 bridgehead atoms. The smallest absolute Gasteiger partial charge is 0.112 e. The molecule has 0 radical (unpaired) electrons. The van der Waals surface area contributed by atoms with E-state index in [4.69, 9.17) is 12.2 Å². The Hall–Kier alpha value is -1.61. The molecule has 2 heterocycles. The van der Waals surface area contributed by atoms with E-state index in [9.17, 15) is 0 Å². The van der Waals surface area contributed by atoms with Crippen LogP contribution in [0.15, 0.2) is 48.7 Å². The molecule has 92 valence electrons. The third kappa shape index (κ3) is 2.18. The van der Waals surface area contributed by atoms with Crippen LogP contribution in [0.5, 0.6) is 0 Å². The lowest BCUT2D eigenvalue weighted by Gasteiger charge is -2.18. The van der Waals surface area contributed by atoms with Crippen LogP contribution in [-0.2, 0) is 0 Å². The van der Waals surface area contributed by atoms with Gasteiger partial charge >= 0.3 is 0 Å². The molecule has 3 heteroatoms. The van der Waals surface area contributed by atoms with Crippen molar-refractivity contribution in [3.05, 3.63) is 53.3 Å². The summed E-state index contributed by atoms with van der Waals surface area (Å²) in [4.78, 5) is 2.41. The molecule has 1 aliphatic rings. The van der Waals surface area contributed by atoms with Gasteiger partial charge < -0.3 is 9.47 Å². The largest absolute Gasteiger partial charge is 0.371 e. The molecular formula is C15H16N2S. The van der Waals surface area contributed by atoms with Crippen LogP contribution < -0.4 is 4.90 Å². The van der Waals surface area contributed by atoms with Crippen LogP contribution in [0.2, 0.25) is 0 Å². The Morgan fingerprint density at radius 3 is 2.28 bits per heavy atom. The van der Waals surface area contributed by atoms with Crippen LogP contribution in [0.25, 0.3) is 5.69 Å². The number of aromatic nitrogens is 1. The van der Waals surface area contributed by atoms with E-state index in [-0.39, 0.29) is 0 Å². The van der Waals surface area contributed by atoms with E-state index in [2.05, 4.69) is 39.9 Å². The minimum atomic E-state index is 0.866. The second kappa shape index (κ2) is 4.94. The lowest BCUT2D eigenvalue weighted by atomic mass is 10.3. The van der Waals surface area contributed by atoms with Gasteiger partial charge in [-0.2, -0.15) is 0 Å². The maximum Gasteiger partial charge on any atom is 0.112 e. The van der Waals surface area contributed by atoms with Crippen molar-refractivity contribution >= 4 is 17.9 Å². The van der Waals surface area contributed by atoms with Crippen molar-refractivity contribution < 1.29 is 0 Å². The second-order valence-electron chi connectivity index (χ2n) is 4.62. The van der Waals surface area contributed by atoms with Gasteiger partial charge in [0.25, 0.3) is 0 Å². The molecule has 1 fully saturated rings. The number of hydrogen-bond donors (Lipinski definition) is 0. The minimum Gasteiger partial charge on any atom is -0.371 e. The minimum absolute atomic E-state index is 0.866. The highest BCUT2D eigenvalue weighted by Gasteiger charge is 2.12. The Morgan fingerprint density at radius 1 is 0.889 bits per heavy atom. The quantitative estimate of drug-likeness (QED) is 0.755. The number of nitrogens with zero attached hydrogens (tertiary/aromatic N) is 2. The number of pyridine rings is 1. The van der Waals surface area contributed by atoms with E-state index in [1.54, 1.807) is 0 Å². The Morgan fingerprint density at radius 2 is 1.61 bits per heavy atom. The van der Waals surface area contributed by atoms with Gasteiger partial charge in [0.15, 0.2) is 0 Å². The van der Waals surface area contributed by atoms with Crippen molar-refractivity contribution in [3.63, 3.8) is 0 Å². The summed E-state index contributed by atoms with van der Waals surface area (Å²) in [6, 6.07) is 14.5. The Labute approximate surface area is 112 Å². The van der Waals surface area contributed by atoms with Gasteiger partial charge in [0.1, 0.15) is 4.64 Å². The highest BCUT2D eigenvalue weighted by molar-refractivity contribution is 7.71. The summed E-state index contributed by atoms with van der Waals surface area (Å²) in [6.45, 7) is 2.31. The summed E-state index contributed by atoms with van der Waals surface area (Å²) in [7, 11) is 0. The third-order valence-corrected chi connectivity index (χ3v) is 3.72. The summed E-state index contributed by atoms with van der Waals surface area (Å²) < 4.78 is 2.92. The zero-order valence-corrected chi connectivity index (χ0v) is 11.1. The lowest BCUT2D eigenvalue weighted by Crippen LogP contribution is -2.17. The monoisotopic (exact) mass is 256 g/mol. The van der Waals surface area contributed by atoms with Crippen LogP contribution >= 0.6 is 12.2 Å². The van der Waals surface area contributed by atoms with Gasteiger partial charge in [-0.15, -0.1) is 0 Å². The average molecular weight is 256 g/mol. The van der Waals surface area contributed by atoms with Crippen LogP contribution in [-0.4, -0.2) is 17.7 Å². The molecule has 0 aliphatic carbocycles. The van der Waals surface area contributed by atoms with Gasteiger partial charge in [0, 0.05) is 30.7 Å². The first-order valence-corrected chi connectivity index (χ1v) is 6.78. The summed E-state index contributed by atoms with van der Waals surface area (Å²) in [6.07, 6.45) is 4.66. The van der Waals surface area contributed by atoms with Crippen LogP contribution in [0.3, 0.4) is 0 Å². The fourth-order valence-corrected chi connectivity index (χ4v) is 2.73. The van der Waals surface area contributed by atoms with Gasteiger partial charge in [0.2, 0.25) is 0 Å². The van der Waals surface area contributed by atoms with E-state index in [1.165, 1.54) is 18.5 Å². The van der Waals surface area contributed by atoms with Crippen LogP contribution in [0.4, 0.5) is 5.69 Å². The van der Waals surface area contributed by atoms with Crippen LogP contribution in [0, 0.1) is 4.64 Å². The molecule has 2 aromatic rings. The van der Waals surface area contributed by atoms with E-state index < -0.39 is 0 Å². The topological polar surface area (TPSA) is 8.17 Å². The van der Waals surface area contributed by atoms with Gasteiger partial charge in [-0.25, -0.2) is 0 Å². The number of hydrogen-bond acceptors (Lipinski definition) is 2. The lowest BCUT2D eigenvalue weighted by molar-refractivity contribution is 0.948. The maximum absolute atomic E-state index is 5.49. The SMILES string of the molecule is S=c1cc(N2CCCC2)ccn1-c1ccccc1. The molecule has 0 amide bonds. The molecule has 1 aromatic heterocycles. The van der Waals surface area contributed by atoms with Gasteiger partial charge in [-0.1, -0.05) is 30.4 Å². The first-order chi connectivity index (χ1) is 8.84. The zero-order chi connectivity index (χ0) is 12.4. The molecule has 0 N–H and O–H groups in total. The van der Waals surface area contributed by atoms with E-state index in [0.29, 0.717) is 0 Å². The first kappa shape index (κ1) is 11.5. The number of para-hydroxylation sites is 1. The first-order valence-electron chi connectivity index (χ1n) is 6.38. The summed E-state index contributed by atoms with van der Waals surface area (Å²) in [5.41, 5.74) is 2.38. The fraction of sp³-hybridized carbons (Fsp3) is 0.267. The Balaban J connectivity index is 1.97. The molecule has 0 saturated carbocycles. The molecule has 2 nitrogen and oxygen atoms in total. The molecule has 1 aromatic carbocycles. The van der Waals surface area contributed by atoms with Gasteiger partial charge in [-0.05, 0) is 37.1 Å². The van der Waals surface area contributed by atoms with Crippen molar-refractivity contribution in [2.75, 3.05) is 18.0 Å². The van der Waals surface area contributed by atoms with Crippen molar-refractivity contribution in [1.29, 1.82) is 0 Å². The van der Waals surface area contributed by atoms with Crippen molar-refractivity contribution in [1.82, 2.24) is 4.57 Å². The predicted octanol–water partition coefficient (Wildman–Crippen LogP) is 3.81. The van der Waals surface area contributed by atoms with Crippen molar-refractivity contribution in [2.45, 2.75) is 12.8 Å². The number of benzene rings is 1. The molecule has 0 unspecified atom stereocenters. The van der Waals surface area contributed by atoms with E-state index >= 15 is 0 Å². The predicted molar refractivity (Wildman–Crippen MR) is 78.1 cm³/mol. The Bertz CT molecular complexity index is 583. The Kier molecular flexibility index (Phi) is 3.15. The number of rotatable bonds is 2. The third-order valence-electron chi connectivity index (χ3n) is 3.41. The van der Waals surface area contributed by atoms with Crippen molar-refractivity contribution in [3.8, 4) is 5.69 Å². The fourth-order valence-electron chi connectivity index (χ4n) is 2.44. The van der Waals surface area contributed by atoms with E-state index in [1.807, 2.05) is 18.2 Å². The van der Waals surface area contributed by atoms with Crippen LogP contribution in [0.1, 0.15) is 12.8 Å².